The Hall–Kier alpha value is -3.74. The molecule has 1 saturated heterocycles. The molecule has 1 fully saturated rings. The van der Waals surface area contributed by atoms with Crippen molar-refractivity contribution >= 4 is 35.1 Å². The third-order valence-corrected chi connectivity index (χ3v) is 5.91. The average molecular weight is 418 g/mol. The molecule has 0 saturated carbocycles. The molecule has 3 amide bonds. The van der Waals surface area contributed by atoms with E-state index >= 15 is 0 Å². The van der Waals surface area contributed by atoms with Crippen LogP contribution in [-0.2, 0) is 9.59 Å². The van der Waals surface area contributed by atoms with Crippen LogP contribution in [0, 0.1) is 24.7 Å². The molecule has 0 radical (unpaired) electrons. The van der Waals surface area contributed by atoms with E-state index in [2.05, 4.69) is 5.32 Å². The molecule has 2 N–H and O–H groups in total. The number of rotatable bonds is 4. The van der Waals surface area contributed by atoms with Crippen LogP contribution < -0.4 is 10.2 Å². The van der Waals surface area contributed by atoms with Crippen molar-refractivity contribution in [2.24, 2.45) is 17.8 Å². The van der Waals surface area contributed by atoms with Crippen LogP contribution in [-0.4, -0.2) is 28.8 Å². The Morgan fingerprint density at radius 2 is 1.77 bits per heavy atom. The molecule has 4 rings (SSSR count). The second-order valence-electron chi connectivity index (χ2n) is 8.02. The van der Waals surface area contributed by atoms with E-state index in [1.165, 1.54) is 23.1 Å². The summed E-state index contributed by atoms with van der Waals surface area (Å²) in [5.74, 6) is -2.73. The molecule has 1 heterocycles. The number of hydrogen-bond acceptors (Lipinski definition) is 4. The monoisotopic (exact) mass is 418 g/mol. The minimum atomic E-state index is -1.14. The Balaban J connectivity index is 1.55. The number of carboxylic acids is 1. The van der Waals surface area contributed by atoms with E-state index in [1.54, 1.807) is 31.2 Å². The number of carbonyl (C=O) groups is 4. The first-order valence-electron chi connectivity index (χ1n) is 10.1. The number of aryl methyl sites for hydroxylation is 1. The van der Waals surface area contributed by atoms with E-state index in [-0.39, 0.29) is 46.4 Å². The average Bonchev–Trinajstić information content (AvgIpc) is 2.99. The van der Waals surface area contributed by atoms with Gasteiger partial charge in [0.05, 0.1) is 28.8 Å². The van der Waals surface area contributed by atoms with E-state index < -0.39 is 11.9 Å². The SMILES string of the molecule is Cc1ccc(C(=O)O)c(NC(=O)c2ccc(N3C(=O)[C@@H]4[C@H](C)C=CC[C@H]4C3=O)cc2)c1. The fraction of sp³-hybridized carbons (Fsp3) is 0.250. The highest BCUT2D eigenvalue weighted by molar-refractivity contribution is 6.22. The minimum Gasteiger partial charge on any atom is -0.478 e. The molecule has 1 aliphatic carbocycles. The molecule has 2 aromatic rings. The lowest BCUT2D eigenvalue weighted by Crippen LogP contribution is -2.31. The summed E-state index contributed by atoms with van der Waals surface area (Å²) in [4.78, 5) is 51.0. The van der Waals surface area contributed by atoms with Crippen molar-refractivity contribution in [1.29, 1.82) is 0 Å². The summed E-state index contributed by atoms with van der Waals surface area (Å²) in [6.45, 7) is 3.74. The molecule has 1 aliphatic heterocycles. The first kappa shape index (κ1) is 20.5. The van der Waals surface area contributed by atoms with E-state index in [0.717, 1.165) is 5.56 Å². The minimum absolute atomic E-state index is 0.00279. The van der Waals surface area contributed by atoms with Gasteiger partial charge in [-0.2, -0.15) is 0 Å². The van der Waals surface area contributed by atoms with Gasteiger partial charge < -0.3 is 10.4 Å². The summed E-state index contributed by atoms with van der Waals surface area (Å²) in [7, 11) is 0. The number of nitrogens with one attached hydrogen (secondary N) is 1. The number of aromatic carboxylic acids is 1. The van der Waals surface area contributed by atoms with Crippen LogP contribution in [0.4, 0.5) is 11.4 Å². The fourth-order valence-corrected chi connectivity index (χ4v) is 4.31. The second-order valence-corrected chi connectivity index (χ2v) is 8.02. The molecule has 2 aliphatic rings. The predicted molar refractivity (Wildman–Crippen MR) is 115 cm³/mol. The van der Waals surface area contributed by atoms with Gasteiger partial charge in [0.15, 0.2) is 0 Å². The first-order chi connectivity index (χ1) is 14.8. The molecule has 2 aromatic carbocycles. The van der Waals surface area contributed by atoms with E-state index in [9.17, 15) is 24.3 Å². The lowest BCUT2D eigenvalue weighted by molar-refractivity contribution is -0.122. The van der Waals surface area contributed by atoms with Gasteiger partial charge in [-0.15, -0.1) is 0 Å². The Labute approximate surface area is 179 Å². The van der Waals surface area contributed by atoms with Gasteiger partial charge in [-0.05, 0) is 61.2 Å². The van der Waals surface area contributed by atoms with Crippen LogP contribution in [0.2, 0.25) is 0 Å². The Bertz CT molecular complexity index is 1120. The summed E-state index contributed by atoms with van der Waals surface area (Å²) >= 11 is 0. The number of hydrogen-bond donors (Lipinski definition) is 2. The number of amides is 3. The van der Waals surface area contributed by atoms with Crippen LogP contribution in [0.1, 0.15) is 39.6 Å². The van der Waals surface area contributed by atoms with Crippen LogP contribution in [0.3, 0.4) is 0 Å². The number of nitrogens with zero attached hydrogens (tertiary/aromatic N) is 1. The van der Waals surface area contributed by atoms with Crippen LogP contribution in [0.15, 0.2) is 54.6 Å². The molecule has 0 spiro atoms. The van der Waals surface area contributed by atoms with Crippen molar-refractivity contribution in [3.05, 3.63) is 71.3 Å². The summed E-state index contributed by atoms with van der Waals surface area (Å²) in [6, 6.07) is 10.9. The first-order valence-corrected chi connectivity index (χ1v) is 10.1. The van der Waals surface area contributed by atoms with Gasteiger partial charge in [0.2, 0.25) is 11.8 Å². The van der Waals surface area contributed by atoms with Crippen molar-refractivity contribution < 1.29 is 24.3 Å². The zero-order chi connectivity index (χ0) is 22.3. The molecule has 0 unspecified atom stereocenters. The zero-order valence-corrected chi connectivity index (χ0v) is 17.2. The van der Waals surface area contributed by atoms with E-state index in [4.69, 9.17) is 0 Å². The van der Waals surface area contributed by atoms with Crippen molar-refractivity contribution in [2.45, 2.75) is 20.3 Å². The lowest BCUT2D eigenvalue weighted by atomic mass is 9.78. The molecule has 0 bridgehead atoms. The van der Waals surface area contributed by atoms with Gasteiger partial charge in [0, 0.05) is 5.56 Å². The summed E-state index contributed by atoms with van der Waals surface area (Å²) in [5.41, 5.74) is 1.72. The van der Waals surface area contributed by atoms with E-state index in [1.807, 2.05) is 19.1 Å². The van der Waals surface area contributed by atoms with Crippen LogP contribution in [0.5, 0.6) is 0 Å². The normalized spacial score (nSPS) is 22.4. The van der Waals surface area contributed by atoms with Gasteiger partial charge in [-0.25, -0.2) is 4.79 Å². The summed E-state index contributed by atoms with van der Waals surface area (Å²) in [5, 5.41) is 12.0. The third-order valence-electron chi connectivity index (χ3n) is 5.91. The number of imide groups is 1. The van der Waals surface area contributed by atoms with Crippen molar-refractivity contribution in [3.8, 4) is 0 Å². The van der Waals surface area contributed by atoms with Gasteiger partial charge in [0.1, 0.15) is 0 Å². The van der Waals surface area contributed by atoms with Gasteiger partial charge in [0.25, 0.3) is 5.91 Å². The quantitative estimate of drug-likeness (QED) is 0.583. The Morgan fingerprint density at radius 3 is 2.42 bits per heavy atom. The summed E-state index contributed by atoms with van der Waals surface area (Å²) in [6.07, 6.45) is 4.48. The number of benzene rings is 2. The van der Waals surface area contributed by atoms with Crippen molar-refractivity contribution in [1.82, 2.24) is 0 Å². The third kappa shape index (κ3) is 3.63. The molecule has 3 atom stereocenters. The predicted octanol–water partition coefficient (Wildman–Crippen LogP) is 3.65. The number of carboxylic acid groups (broad SMARTS) is 1. The number of anilines is 2. The topological polar surface area (TPSA) is 104 Å². The second kappa shape index (κ2) is 7.83. The fourth-order valence-electron chi connectivity index (χ4n) is 4.31. The molecule has 31 heavy (non-hydrogen) atoms. The van der Waals surface area contributed by atoms with Crippen molar-refractivity contribution in [3.63, 3.8) is 0 Å². The lowest BCUT2D eigenvalue weighted by Gasteiger charge is -2.22. The maximum absolute atomic E-state index is 12.9. The highest BCUT2D eigenvalue weighted by atomic mass is 16.4. The van der Waals surface area contributed by atoms with Gasteiger partial charge in [-0.3, -0.25) is 19.3 Å². The maximum Gasteiger partial charge on any atom is 0.337 e. The molecule has 7 heteroatoms. The zero-order valence-electron chi connectivity index (χ0n) is 17.2. The highest BCUT2D eigenvalue weighted by Crippen LogP contribution is 2.40. The van der Waals surface area contributed by atoms with E-state index in [0.29, 0.717) is 12.1 Å². The number of fused-ring (bicyclic) bond motifs is 1. The number of allylic oxidation sites excluding steroid dienone is 2. The van der Waals surface area contributed by atoms with Gasteiger partial charge >= 0.3 is 5.97 Å². The summed E-state index contributed by atoms with van der Waals surface area (Å²) < 4.78 is 0. The number of carbonyl (C=O) groups excluding carboxylic acids is 3. The highest BCUT2D eigenvalue weighted by Gasteiger charge is 2.50. The largest absolute Gasteiger partial charge is 0.478 e. The Morgan fingerprint density at radius 1 is 1.06 bits per heavy atom. The molecule has 0 aromatic heterocycles. The Kier molecular flexibility index (Phi) is 5.19. The van der Waals surface area contributed by atoms with Crippen molar-refractivity contribution in [2.75, 3.05) is 10.2 Å². The van der Waals surface area contributed by atoms with Crippen LogP contribution >= 0.6 is 0 Å². The maximum atomic E-state index is 12.9. The smallest absolute Gasteiger partial charge is 0.337 e. The molecule has 158 valence electrons. The molecule has 7 nitrogen and oxygen atoms in total. The van der Waals surface area contributed by atoms with Crippen LogP contribution in [0.25, 0.3) is 0 Å². The molecular formula is C24H22N2O5. The molecular weight excluding hydrogens is 396 g/mol. The standard InChI is InChI=1S/C24H22N2O5/c1-13-6-11-17(24(30)31)19(12-13)25-21(27)15-7-9-16(10-8-15)26-22(28)18-5-3-4-14(2)20(18)23(26)29/h3-4,6-12,14,18,20H,5H2,1-2H3,(H,25,27)(H,30,31)/t14-,18-,20-/m1/s1. The van der Waals surface area contributed by atoms with Gasteiger partial charge in [-0.1, -0.05) is 25.1 Å².